The summed E-state index contributed by atoms with van der Waals surface area (Å²) in [5, 5.41) is 0. The maximum Gasteiger partial charge on any atom is 0.123 e. The largest absolute Gasteiger partial charge is 0.384 e. The molecule has 1 aromatic rings. The highest BCUT2D eigenvalue weighted by atomic mass is 16.5. The average molecular weight is 266 g/mol. The number of anilines is 1. The zero-order valence-corrected chi connectivity index (χ0v) is 12.3. The Labute approximate surface area is 115 Å². The molecular formula is C14H26N4O. The number of pyridine rings is 1. The third-order valence-corrected chi connectivity index (χ3v) is 3.08. The average Bonchev–Trinajstić information content (AvgIpc) is 2.32. The monoisotopic (exact) mass is 266 g/mol. The van der Waals surface area contributed by atoms with E-state index < -0.39 is 0 Å². The van der Waals surface area contributed by atoms with Gasteiger partial charge in [0.25, 0.3) is 0 Å². The van der Waals surface area contributed by atoms with Gasteiger partial charge < -0.3 is 10.5 Å². The molecule has 0 fully saturated rings. The van der Waals surface area contributed by atoms with Crippen LogP contribution in [-0.4, -0.2) is 23.7 Å². The molecule has 0 aromatic carbocycles. The Bertz CT molecular complexity index is 389. The van der Waals surface area contributed by atoms with Crippen LogP contribution in [0.5, 0.6) is 0 Å². The summed E-state index contributed by atoms with van der Waals surface area (Å²) < 4.78 is 5.87. The molecule has 108 valence electrons. The van der Waals surface area contributed by atoms with Gasteiger partial charge in [-0.15, -0.1) is 0 Å². The van der Waals surface area contributed by atoms with E-state index in [9.17, 15) is 0 Å². The highest BCUT2D eigenvalue weighted by Crippen LogP contribution is 2.26. The molecule has 0 spiro atoms. The second kappa shape index (κ2) is 6.84. The summed E-state index contributed by atoms with van der Waals surface area (Å²) in [7, 11) is 0. The van der Waals surface area contributed by atoms with Crippen LogP contribution in [0.4, 0.5) is 5.82 Å². The number of nitrogen functional groups attached to an aromatic ring is 1. The van der Waals surface area contributed by atoms with Crippen LogP contribution in [0.25, 0.3) is 0 Å². The van der Waals surface area contributed by atoms with Gasteiger partial charge in [0.15, 0.2) is 0 Å². The normalized spacial score (nSPS) is 15.2. The summed E-state index contributed by atoms with van der Waals surface area (Å²) in [5.74, 6) is 6.23. The highest BCUT2D eigenvalue weighted by molar-refractivity contribution is 5.32. The number of nitrogens with one attached hydrogen (secondary N) is 1. The number of aromatic nitrogens is 1. The summed E-state index contributed by atoms with van der Waals surface area (Å²) in [6.07, 6.45) is 2.49. The van der Waals surface area contributed by atoms with Crippen molar-refractivity contribution < 1.29 is 4.74 Å². The fourth-order valence-electron chi connectivity index (χ4n) is 2.28. The molecule has 0 aliphatic rings. The topological polar surface area (TPSA) is 86.2 Å². The van der Waals surface area contributed by atoms with E-state index >= 15 is 0 Å². The molecule has 0 saturated heterocycles. The van der Waals surface area contributed by atoms with E-state index in [1.807, 2.05) is 19.1 Å². The van der Waals surface area contributed by atoms with Crippen molar-refractivity contribution in [3.63, 3.8) is 0 Å². The van der Waals surface area contributed by atoms with Gasteiger partial charge in [0, 0.05) is 12.8 Å². The molecule has 1 aromatic heterocycles. The Hall–Kier alpha value is -1.17. The first-order chi connectivity index (χ1) is 8.88. The quantitative estimate of drug-likeness (QED) is 0.536. The molecule has 1 heterocycles. The van der Waals surface area contributed by atoms with Crippen LogP contribution in [0, 0.1) is 5.41 Å². The second-order valence-corrected chi connectivity index (χ2v) is 5.81. The Morgan fingerprint density at radius 2 is 2.11 bits per heavy atom. The van der Waals surface area contributed by atoms with Crippen molar-refractivity contribution >= 4 is 5.82 Å². The van der Waals surface area contributed by atoms with Gasteiger partial charge in [-0.3, -0.25) is 11.3 Å². The first-order valence-electron chi connectivity index (χ1n) is 6.66. The number of nitrogens with two attached hydrogens (primary N) is 2. The van der Waals surface area contributed by atoms with E-state index in [0.29, 0.717) is 12.4 Å². The van der Waals surface area contributed by atoms with Crippen molar-refractivity contribution in [3.05, 3.63) is 23.9 Å². The molecule has 0 radical (unpaired) electrons. The minimum absolute atomic E-state index is 0.00558. The lowest BCUT2D eigenvalue weighted by Gasteiger charge is -2.36. The molecule has 0 bridgehead atoms. The molecule has 0 aliphatic carbocycles. The molecule has 19 heavy (non-hydrogen) atoms. The predicted octanol–water partition coefficient (Wildman–Crippen LogP) is 1.49. The first kappa shape index (κ1) is 15.9. The van der Waals surface area contributed by atoms with Gasteiger partial charge in [-0.25, -0.2) is 4.98 Å². The fraction of sp³-hybridized carbons (Fsp3) is 0.643. The molecule has 5 heteroatoms. The molecule has 2 atom stereocenters. The third kappa shape index (κ3) is 4.78. The minimum Gasteiger partial charge on any atom is -0.384 e. The zero-order valence-electron chi connectivity index (χ0n) is 12.3. The van der Waals surface area contributed by atoms with Crippen molar-refractivity contribution in [1.82, 2.24) is 10.4 Å². The Morgan fingerprint density at radius 1 is 1.42 bits per heavy atom. The number of ether oxygens (including phenoxy) is 1. The van der Waals surface area contributed by atoms with Crippen molar-refractivity contribution in [2.75, 3.05) is 12.3 Å². The molecule has 2 unspecified atom stereocenters. The Kier molecular flexibility index (Phi) is 5.72. The summed E-state index contributed by atoms with van der Waals surface area (Å²) in [5.41, 5.74) is 9.68. The first-order valence-corrected chi connectivity index (χ1v) is 6.66. The molecule has 0 aliphatic heterocycles. The summed E-state index contributed by atoms with van der Waals surface area (Å²) >= 11 is 0. The summed E-state index contributed by atoms with van der Waals surface area (Å²) in [4.78, 5) is 4.00. The van der Waals surface area contributed by atoms with Crippen molar-refractivity contribution in [1.29, 1.82) is 0 Å². The molecule has 5 nitrogen and oxygen atoms in total. The van der Waals surface area contributed by atoms with Crippen LogP contribution in [0.2, 0.25) is 0 Å². The number of hydrazine groups is 1. The summed E-state index contributed by atoms with van der Waals surface area (Å²) in [6, 6.07) is 3.85. The fourth-order valence-corrected chi connectivity index (χ4v) is 2.28. The van der Waals surface area contributed by atoms with Gasteiger partial charge in [0.1, 0.15) is 5.82 Å². The van der Waals surface area contributed by atoms with E-state index in [1.165, 1.54) is 0 Å². The molecule has 5 N–H and O–H groups in total. The minimum atomic E-state index is 0.00558. The maximum atomic E-state index is 5.87. The molecule has 0 amide bonds. The van der Waals surface area contributed by atoms with Gasteiger partial charge in [-0.1, -0.05) is 20.8 Å². The van der Waals surface area contributed by atoms with E-state index in [4.69, 9.17) is 16.3 Å². The van der Waals surface area contributed by atoms with Gasteiger partial charge in [-0.05, 0) is 36.5 Å². The predicted molar refractivity (Wildman–Crippen MR) is 78.3 cm³/mol. The number of nitrogens with zero attached hydrogens (tertiary/aromatic N) is 1. The van der Waals surface area contributed by atoms with E-state index in [-0.39, 0.29) is 17.6 Å². The lowest BCUT2D eigenvalue weighted by atomic mass is 9.82. The van der Waals surface area contributed by atoms with Crippen LogP contribution < -0.4 is 17.0 Å². The molecule has 0 saturated carbocycles. The van der Waals surface area contributed by atoms with E-state index in [0.717, 1.165) is 12.0 Å². The SMILES string of the molecule is CCOC(C(Cc1ccnc(N)c1)NN)C(C)(C)C. The zero-order chi connectivity index (χ0) is 14.5. The molecular weight excluding hydrogens is 240 g/mol. The number of hydrogen-bond acceptors (Lipinski definition) is 5. The number of rotatable bonds is 6. The van der Waals surface area contributed by atoms with Crippen LogP contribution in [0.3, 0.4) is 0 Å². The third-order valence-electron chi connectivity index (χ3n) is 3.08. The van der Waals surface area contributed by atoms with Crippen LogP contribution in [0.1, 0.15) is 33.3 Å². The molecule has 1 rings (SSSR count). The van der Waals surface area contributed by atoms with Crippen LogP contribution in [0.15, 0.2) is 18.3 Å². The van der Waals surface area contributed by atoms with E-state index in [2.05, 4.69) is 31.2 Å². The summed E-state index contributed by atoms with van der Waals surface area (Å²) in [6.45, 7) is 9.12. The second-order valence-electron chi connectivity index (χ2n) is 5.81. The number of hydrogen-bond donors (Lipinski definition) is 3. The lowest BCUT2D eigenvalue weighted by molar-refractivity contribution is -0.0356. The van der Waals surface area contributed by atoms with Gasteiger partial charge in [-0.2, -0.15) is 0 Å². The van der Waals surface area contributed by atoms with Gasteiger partial charge in [0.05, 0.1) is 12.1 Å². The van der Waals surface area contributed by atoms with E-state index in [1.54, 1.807) is 6.20 Å². The van der Waals surface area contributed by atoms with Crippen molar-refractivity contribution in [3.8, 4) is 0 Å². The Morgan fingerprint density at radius 3 is 2.58 bits per heavy atom. The maximum absolute atomic E-state index is 5.87. The van der Waals surface area contributed by atoms with Gasteiger partial charge in [0.2, 0.25) is 0 Å². The van der Waals surface area contributed by atoms with Crippen molar-refractivity contribution in [2.45, 2.75) is 46.3 Å². The highest BCUT2D eigenvalue weighted by Gasteiger charge is 2.32. The standard InChI is InChI=1S/C14H26N4O/c1-5-19-13(14(2,3)4)11(18-16)8-10-6-7-17-12(15)9-10/h6-7,9,11,13,18H,5,8,16H2,1-4H3,(H2,15,17). The Balaban J connectivity index is 2.86. The van der Waals surface area contributed by atoms with Crippen LogP contribution >= 0.6 is 0 Å². The van der Waals surface area contributed by atoms with Crippen molar-refractivity contribution in [2.24, 2.45) is 11.3 Å². The van der Waals surface area contributed by atoms with Gasteiger partial charge >= 0.3 is 0 Å². The smallest absolute Gasteiger partial charge is 0.123 e. The lowest BCUT2D eigenvalue weighted by Crippen LogP contribution is -2.52. The van der Waals surface area contributed by atoms with Crippen LogP contribution in [-0.2, 0) is 11.2 Å².